The third-order valence-corrected chi connectivity index (χ3v) is 5.34. The molecule has 0 unspecified atom stereocenters. The third kappa shape index (κ3) is 3.17. The Hall–Kier alpha value is -4.51. The number of aromatic nitrogens is 4. The van der Waals surface area contributed by atoms with Crippen LogP contribution in [0.15, 0.2) is 65.8 Å². The summed E-state index contributed by atoms with van der Waals surface area (Å²) in [5.74, 6) is 0.0949. The van der Waals surface area contributed by atoms with E-state index in [2.05, 4.69) is 15.0 Å². The highest BCUT2D eigenvalue weighted by atomic mass is 19.1. The molecule has 2 aromatic carbocycles. The molecule has 8 heteroatoms. The molecular weight excluding hydrogens is 409 g/mol. The second-order valence-corrected chi connectivity index (χ2v) is 7.26. The molecule has 0 aliphatic heterocycles. The lowest BCUT2D eigenvalue weighted by Gasteiger charge is -2.11. The molecule has 0 fully saturated rings. The van der Waals surface area contributed by atoms with Gasteiger partial charge in [0.15, 0.2) is 6.61 Å². The van der Waals surface area contributed by atoms with E-state index < -0.39 is 0 Å². The first kappa shape index (κ1) is 19.5. The molecule has 156 valence electrons. The Labute approximate surface area is 181 Å². The number of benzene rings is 2. The van der Waals surface area contributed by atoms with Crippen LogP contribution in [0.4, 0.5) is 4.39 Å². The maximum absolute atomic E-state index is 14.3. The van der Waals surface area contributed by atoms with Crippen LogP contribution in [-0.4, -0.2) is 26.1 Å². The van der Waals surface area contributed by atoms with Crippen molar-refractivity contribution in [1.29, 1.82) is 5.26 Å². The van der Waals surface area contributed by atoms with Gasteiger partial charge in [0.25, 0.3) is 0 Å². The number of pyridine rings is 2. The smallest absolute Gasteiger partial charge is 0.331 e. The Morgan fingerprint density at radius 2 is 2.03 bits per heavy atom. The molecule has 5 rings (SSSR count). The molecule has 3 aromatic heterocycles. The van der Waals surface area contributed by atoms with Crippen molar-refractivity contribution in [2.24, 2.45) is 0 Å². The zero-order valence-corrected chi connectivity index (χ0v) is 17.0. The number of nitrogens with one attached hydrogen (secondary N) is 1. The Kier molecular flexibility index (Phi) is 4.64. The lowest BCUT2D eigenvalue weighted by Crippen LogP contribution is -2.16. The Morgan fingerprint density at radius 3 is 2.88 bits per heavy atom. The molecule has 1 N–H and O–H groups in total. The van der Waals surface area contributed by atoms with Crippen LogP contribution in [-0.2, 0) is 0 Å². The zero-order valence-electron chi connectivity index (χ0n) is 17.0. The van der Waals surface area contributed by atoms with Gasteiger partial charge < -0.3 is 9.72 Å². The molecule has 0 radical (unpaired) electrons. The second-order valence-electron chi connectivity index (χ2n) is 7.26. The highest BCUT2D eigenvalue weighted by molar-refractivity contribution is 6.04. The molecule has 0 aliphatic rings. The van der Waals surface area contributed by atoms with E-state index in [1.165, 1.54) is 16.8 Å². The van der Waals surface area contributed by atoms with Crippen molar-refractivity contribution in [1.82, 2.24) is 19.5 Å². The van der Waals surface area contributed by atoms with Crippen LogP contribution in [0.1, 0.15) is 5.56 Å². The normalized spacial score (nSPS) is 11.0. The minimum atomic E-state index is -0.386. The van der Waals surface area contributed by atoms with E-state index >= 15 is 0 Å². The van der Waals surface area contributed by atoms with E-state index in [4.69, 9.17) is 10.00 Å². The number of nitriles is 1. The van der Waals surface area contributed by atoms with Gasteiger partial charge in [-0.15, -0.1) is 0 Å². The van der Waals surface area contributed by atoms with E-state index in [0.717, 1.165) is 16.5 Å². The number of aromatic amines is 1. The summed E-state index contributed by atoms with van der Waals surface area (Å²) in [6, 6.07) is 14.0. The maximum atomic E-state index is 14.3. The number of H-pyrrole nitrogens is 1. The van der Waals surface area contributed by atoms with Crippen LogP contribution >= 0.6 is 0 Å². The molecule has 0 atom stereocenters. The van der Waals surface area contributed by atoms with Crippen LogP contribution in [0.3, 0.4) is 0 Å². The molecule has 0 spiro atoms. The van der Waals surface area contributed by atoms with Gasteiger partial charge in [-0.3, -0.25) is 14.5 Å². The Bertz CT molecular complexity index is 1600. The summed E-state index contributed by atoms with van der Waals surface area (Å²) < 4.78 is 21.1. The highest BCUT2D eigenvalue weighted by Crippen LogP contribution is 2.30. The fourth-order valence-corrected chi connectivity index (χ4v) is 3.80. The van der Waals surface area contributed by atoms with E-state index in [1.54, 1.807) is 37.5 Å². The van der Waals surface area contributed by atoms with E-state index in [-0.39, 0.29) is 18.1 Å². The van der Waals surface area contributed by atoms with Gasteiger partial charge in [-0.05, 0) is 42.8 Å². The number of fused-ring (bicyclic) bond motifs is 3. The van der Waals surface area contributed by atoms with Crippen LogP contribution in [0, 0.1) is 24.1 Å². The van der Waals surface area contributed by atoms with Crippen LogP contribution in [0.2, 0.25) is 0 Å². The fourth-order valence-electron chi connectivity index (χ4n) is 3.80. The number of ether oxygens (including phenoxy) is 1. The predicted molar refractivity (Wildman–Crippen MR) is 118 cm³/mol. The standard InChI is InChI=1S/C24H16FN5O2/c1-14-19(25)3-2-4-22(14)30-23-18-10-15(16-9-17(12-27-11-16)32-8-7-26)5-6-20(18)28-13-21(23)29-24(30)31/h2-6,9-13H,8H2,1H3,(H,29,31). The van der Waals surface area contributed by atoms with Gasteiger partial charge in [-0.1, -0.05) is 12.1 Å². The summed E-state index contributed by atoms with van der Waals surface area (Å²) in [6.45, 7) is 1.57. The first-order valence-corrected chi connectivity index (χ1v) is 9.81. The van der Waals surface area contributed by atoms with E-state index in [1.807, 2.05) is 24.3 Å². The van der Waals surface area contributed by atoms with Gasteiger partial charge in [0, 0.05) is 22.7 Å². The predicted octanol–water partition coefficient (Wildman–Crippen LogP) is 4.28. The highest BCUT2D eigenvalue weighted by Gasteiger charge is 2.16. The minimum absolute atomic E-state index is 0.0734. The number of rotatable bonds is 4. The topological polar surface area (TPSA) is 96.6 Å². The summed E-state index contributed by atoms with van der Waals surface area (Å²) in [5.41, 5.74) is 3.93. The molecule has 0 saturated carbocycles. The molecule has 5 aromatic rings. The largest absolute Gasteiger partial charge is 0.477 e. The summed E-state index contributed by atoms with van der Waals surface area (Å²) in [5, 5.41) is 9.46. The van der Waals surface area contributed by atoms with Crippen molar-refractivity contribution in [3.8, 4) is 28.6 Å². The summed E-state index contributed by atoms with van der Waals surface area (Å²) in [7, 11) is 0. The van der Waals surface area contributed by atoms with Crippen LogP contribution in [0.25, 0.3) is 38.8 Å². The summed E-state index contributed by atoms with van der Waals surface area (Å²) in [4.78, 5) is 24.3. The fraction of sp³-hybridized carbons (Fsp3) is 0.0833. The average Bonchev–Trinajstić information content (AvgIpc) is 3.15. The number of halogens is 1. The van der Waals surface area contributed by atoms with Gasteiger partial charge in [0.1, 0.15) is 17.6 Å². The number of imidazole rings is 1. The monoisotopic (exact) mass is 425 g/mol. The van der Waals surface area contributed by atoms with Crippen molar-refractivity contribution < 1.29 is 9.13 Å². The molecule has 3 heterocycles. The van der Waals surface area contributed by atoms with E-state index in [0.29, 0.717) is 33.6 Å². The SMILES string of the molecule is Cc1c(F)cccc1-n1c(=O)[nH]c2cnc3ccc(-c4cncc(OCC#N)c4)cc3c21. The average molecular weight is 425 g/mol. The van der Waals surface area contributed by atoms with Crippen molar-refractivity contribution in [3.05, 3.63) is 82.9 Å². The molecule has 0 bridgehead atoms. The molecule has 0 saturated heterocycles. The van der Waals surface area contributed by atoms with Gasteiger partial charge in [0.05, 0.1) is 34.6 Å². The van der Waals surface area contributed by atoms with Crippen LogP contribution in [0.5, 0.6) is 5.75 Å². The van der Waals surface area contributed by atoms with E-state index in [9.17, 15) is 9.18 Å². The molecular formula is C24H16FN5O2. The first-order valence-electron chi connectivity index (χ1n) is 9.81. The zero-order chi connectivity index (χ0) is 22.2. The maximum Gasteiger partial charge on any atom is 0.331 e. The van der Waals surface area contributed by atoms with Gasteiger partial charge >= 0.3 is 5.69 Å². The van der Waals surface area contributed by atoms with Crippen LogP contribution < -0.4 is 10.4 Å². The summed E-state index contributed by atoms with van der Waals surface area (Å²) in [6.07, 6.45) is 4.83. The molecule has 32 heavy (non-hydrogen) atoms. The lowest BCUT2D eigenvalue weighted by molar-refractivity contribution is 0.367. The third-order valence-electron chi connectivity index (χ3n) is 5.34. The van der Waals surface area contributed by atoms with Crippen molar-refractivity contribution in [2.45, 2.75) is 6.92 Å². The Morgan fingerprint density at radius 1 is 1.16 bits per heavy atom. The van der Waals surface area contributed by atoms with Gasteiger partial charge in [-0.2, -0.15) is 5.26 Å². The van der Waals surface area contributed by atoms with Crippen molar-refractivity contribution in [3.63, 3.8) is 0 Å². The van der Waals surface area contributed by atoms with Gasteiger partial charge in [-0.25, -0.2) is 9.18 Å². The lowest BCUT2D eigenvalue weighted by atomic mass is 10.0. The molecule has 0 aliphatic carbocycles. The van der Waals surface area contributed by atoms with Crippen molar-refractivity contribution in [2.75, 3.05) is 6.61 Å². The molecule has 7 nitrogen and oxygen atoms in total. The number of hydrogen-bond donors (Lipinski definition) is 1. The minimum Gasteiger partial charge on any atom is -0.477 e. The second kappa shape index (κ2) is 7.63. The van der Waals surface area contributed by atoms with Gasteiger partial charge in [0.2, 0.25) is 0 Å². The first-order chi connectivity index (χ1) is 15.6. The summed E-state index contributed by atoms with van der Waals surface area (Å²) >= 11 is 0. The molecule has 0 amide bonds. The quantitative estimate of drug-likeness (QED) is 0.464. The number of hydrogen-bond acceptors (Lipinski definition) is 5. The number of nitrogens with zero attached hydrogens (tertiary/aromatic N) is 4. The Balaban J connectivity index is 1.76. The van der Waals surface area contributed by atoms with Crippen molar-refractivity contribution >= 4 is 21.9 Å².